The summed E-state index contributed by atoms with van der Waals surface area (Å²) in [5.41, 5.74) is 2.50. The van der Waals surface area contributed by atoms with Crippen molar-refractivity contribution >= 4 is 16.2 Å². The molecule has 17 heavy (non-hydrogen) atoms. The molecule has 1 unspecified atom stereocenters. The Hall–Kier alpha value is -1.13. The molecule has 0 aliphatic rings. The Morgan fingerprint density at radius 3 is 2.47 bits per heavy atom. The van der Waals surface area contributed by atoms with Crippen LogP contribution in [0.15, 0.2) is 24.8 Å². The van der Waals surface area contributed by atoms with E-state index in [1.165, 1.54) is 0 Å². The molecule has 0 radical (unpaired) electrons. The highest BCUT2D eigenvalue weighted by Crippen LogP contribution is 2.29. The minimum Gasteiger partial charge on any atom is -0.285 e. The van der Waals surface area contributed by atoms with Gasteiger partial charge in [-0.05, 0) is 29.5 Å². The van der Waals surface area contributed by atoms with Crippen LogP contribution >= 0.6 is 0 Å². The van der Waals surface area contributed by atoms with Crippen LogP contribution < -0.4 is 0 Å². The Kier molecular flexibility index (Phi) is 4.48. The summed E-state index contributed by atoms with van der Waals surface area (Å²) < 4.78 is 31.8. The summed E-state index contributed by atoms with van der Waals surface area (Å²) in [5.74, 6) is 0. The molecule has 0 aliphatic heterocycles. The summed E-state index contributed by atoms with van der Waals surface area (Å²) in [6, 6.07) is 5.56. The van der Waals surface area contributed by atoms with Gasteiger partial charge in [-0.3, -0.25) is 4.55 Å². The minimum absolute atomic E-state index is 0.338. The van der Waals surface area contributed by atoms with Gasteiger partial charge in [0.15, 0.2) is 0 Å². The average Bonchev–Trinajstić information content (AvgIpc) is 2.28. The van der Waals surface area contributed by atoms with Gasteiger partial charge in [-0.2, -0.15) is 8.42 Å². The zero-order valence-electron chi connectivity index (χ0n) is 10.2. The standard InChI is InChI=1S/C13H18O3S/c1-4-10-7-8-12(11(5-2)9-10)13(6-3)17(14,15)16/h5,7-9,13H,2,4,6H2,1,3H3,(H,14,15,16). The monoisotopic (exact) mass is 254 g/mol. The Balaban J connectivity index is 3.34. The van der Waals surface area contributed by atoms with Crippen LogP contribution in [0.5, 0.6) is 0 Å². The van der Waals surface area contributed by atoms with Crippen molar-refractivity contribution in [1.82, 2.24) is 0 Å². The third kappa shape index (κ3) is 3.17. The first kappa shape index (κ1) is 13.9. The molecule has 0 amide bonds. The van der Waals surface area contributed by atoms with E-state index in [0.717, 1.165) is 17.5 Å². The molecule has 94 valence electrons. The number of rotatable bonds is 5. The van der Waals surface area contributed by atoms with Crippen molar-refractivity contribution in [2.75, 3.05) is 0 Å². The molecule has 1 N–H and O–H groups in total. The predicted octanol–water partition coefficient (Wildman–Crippen LogP) is 3.23. The summed E-state index contributed by atoms with van der Waals surface area (Å²) in [4.78, 5) is 0. The Bertz CT molecular complexity index is 503. The van der Waals surface area contributed by atoms with E-state index in [-0.39, 0.29) is 0 Å². The largest absolute Gasteiger partial charge is 0.285 e. The van der Waals surface area contributed by atoms with Crippen molar-refractivity contribution in [2.24, 2.45) is 0 Å². The van der Waals surface area contributed by atoms with Crippen molar-refractivity contribution in [1.29, 1.82) is 0 Å². The number of hydrogen-bond donors (Lipinski definition) is 1. The van der Waals surface area contributed by atoms with Crippen molar-refractivity contribution in [2.45, 2.75) is 31.9 Å². The van der Waals surface area contributed by atoms with E-state index in [9.17, 15) is 13.0 Å². The lowest BCUT2D eigenvalue weighted by Crippen LogP contribution is -2.12. The molecule has 0 spiro atoms. The number of aryl methyl sites for hydroxylation is 1. The predicted molar refractivity (Wildman–Crippen MR) is 70.5 cm³/mol. The zero-order valence-corrected chi connectivity index (χ0v) is 11.0. The molecule has 4 heteroatoms. The maximum atomic E-state index is 11.3. The van der Waals surface area contributed by atoms with Crippen LogP contribution in [-0.2, 0) is 16.5 Å². The molecule has 0 saturated carbocycles. The van der Waals surface area contributed by atoms with Crippen LogP contribution in [0.2, 0.25) is 0 Å². The minimum atomic E-state index is -4.07. The fourth-order valence-corrected chi connectivity index (χ4v) is 2.86. The van der Waals surface area contributed by atoms with Gasteiger partial charge in [0.05, 0.1) is 0 Å². The summed E-state index contributed by atoms with van der Waals surface area (Å²) in [7, 11) is -4.07. The Morgan fingerprint density at radius 1 is 1.41 bits per heavy atom. The average molecular weight is 254 g/mol. The SMILES string of the molecule is C=Cc1cc(CC)ccc1C(CC)S(=O)(=O)O. The molecule has 3 nitrogen and oxygen atoms in total. The molecule has 0 aromatic heterocycles. The van der Waals surface area contributed by atoms with Crippen LogP contribution in [-0.4, -0.2) is 13.0 Å². The fraction of sp³-hybridized carbons (Fsp3) is 0.385. The van der Waals surface area contributed by atoms with E-state index in [1.54, 1.807) is 19.1 Å². The van der Waals surface area contributed by atoms with Gasteiger partial charge in [0.1, 0.15) is 5.25 Å². The van der Waals surface area contributed by atoms with Gasteiger partial charge in [-0.1, -0.05) is 44.7 Å². The third-order valence-corrected chi connectivity index (χ3v) is 4.16. The molecule has 1 aromatic rings. The molecule has 1 rings (SSSR count). The van der Waals surface area contributed by atoms with Crippen molar-refractivity contribution < 1.29 is 13.0 Å². The van der Waals surface area contributed by atoms with Gasteiger partial charge in [-0.15, -0.1) is 0 Å². The van der Waals surface area contributed by atoms with Crippen molar-refractivity contribution in [3.05, 3.63) is 41.5 Å². The first-order chi connectivity index (χ1) is 7.93. The normalized spacial score (nSPS) is 13.4. The van der Waals surface area contributed by atoms with Gasteiger partial charge in [0, 0.05) is 0 Å². The number of benzene rings is 1. The first-order valence-electron chi connectivity index (χ1n) is 5.65. The molecule has 0 heterocycles. The summed E-state index contributed by atoms with van der Waals surface area (Å²) >= 11 is 0. The maximum absolute atomic E-state index is 11.3. The van der Waals surface area contributed by atoms with Gasteiger partial charge >= 0.3 is 0 Å². The van der Waals surface area contributed by atoms with Gasteiger partial charge in [-0.25, -0.2) is 0 Å². The third-order valence-electron chi connectivity index (χ3n) is 2.86. The second-order valence-electron chi connectivity index (χ2n) is 3.93. The summed E-state index contributed by atoms with van der Waals surface area (Å²) in [6.45, 7) is 7.45. The topological polar surface area (TPSA) is 54.4 Å². The van der Waals surface area contributed by atoms with E-state index >= 15 is 0 Å². The summed E-state index contributed by atoms with van der Waals surface area (Å²) in [5, 5.41) is -0.874. The summed E-state index contributed by atoms with van der Waals surface area (Å²) in [6.07, 6.45) is 2.84. The molecule has 1 aromatic carbocycles. The van der Waals surface area contributed by atoms with E-state index < -0.39 is 15.4 Å². The lowest BCUT2D eigenvalue weighted by Gasteiger charge is -2.15. The Morgan fingerprint density at radius 2 is 2.06 bits per heavy atom. The maximum Gasteiger partial charge on any atom is 0.272 e. The Labute approximate surface area is 103 Å². The van der Waals surface area contributed by atoms with E-state index in [1.807, 2.05) is 19.1 Å². The molecular formula is C13H18O3S. The van der Waals surface area contributed by atoms with E-state index in [4.69, 9.17) is 0 Å². The van der Waals surface area contributed by atoms with Gasteiger partial charge in [0.2, 0.25) is 0 Å². The second kappa shape index (κ2) is 5.47. The van der Waals surface area contributed by atoms with Crippen LogP contribution in [0, 0.1) is 0 Å². The lowest BCUT2D eigenvalue weighted by atomic mass is 9.99. The van der Waals surface area contributed by atoms with Crippen LogP contribution in [0.3, 0.4) is 0 Å². The molecule has 0 saturated heterocycles. The van der Waals surface area contributed by atoms with E-state index in [0.29, 0.717) is 12.0 Å². The van der Waals surface area contributed by atoms with Crippen molar-refractivity contribution in [3.8, 4) is 0 Å². The van der Waals surface area contributed by atoms with E-state index in [2.05, 4.69) is 6.58 Å². The molecule has 0 aliphatic carbocycles. The molecular weight excluding hydrogens is 236 g/mol. The fourth-order valence-electron chi connectivity index (χ4n) is 1.91. The van der Waals surface area contributed by atoms with Gasteiger partial charge in [0.25, 0.3) is 10.1 Å². The van der Waals surface area contributed by atoms with Crippen molar-refractivity contribution in [3.63, 3.8) is 0 Å². The quantitative estimate of drug-likeness (QED) is 0.821. The van der Waals surface area contributed by atoms with Crippen LogP contribution in [0.4, 0.5) is 0 Å². The second-order valence-corrected chi connectivity index (χ2v) is 5.53. The number of hydrogen-bond acceptors (Lipinski definition) is 2. The molecule has 0 fully saturated rings. The van der Waals surface area contributed by atoms with Gasteiger partial charge < -0.3 is 0 Å². The molecule has 0 bridgehead atoms. The zero-order chi connectivity index (χ0) is 13.1. The lowest BCUT2D eigenvalue weighted by molar-refractivity contribution is 0.466. The molecule has 1 atom stereocenters. The highest BCUT2D eigenvalue weighted by molar-refractivity contribution is 7.86. The first-order valence-corrected chi connectivity index (χ1v) is 7.15. The van der Waals surface area contributed by atoms with Crippen LogP contribution in [0.1, 0.15) is 42.2 Å². The highest BCUT2D eigenvalue weighted by Gasteiger charge is 2.24. The smallest absolute Gasteiger partial charge is 0.272 e. The van der Waals surface area contributed by atoms with Crippen LogP contribution in [0.25, 0.3) is 6.08 Å². The highest BCUT2D eigenvalue weighted by atomic mass is 32.2.